The van der Waals surface area contributed by atoms with E-state index >= 15 is 0 Å². The predicted molar refractivity (Wildman–Crippen MR) is 132 cm³/mol. The van der Waals surface area contributed by atoms with Crippen molar-refractivity contribution in [2.75, 3.05) is 13.7 Å². The van der Waals surface area contributed by atoms with Crippen molar-refractivity contribution in [1.29, 1.82) is 0 Å². The zero-order valence-corrected chi connectivity index (χ0v) is 20.7. The Morgan fingerprint density at radius 1 is 0.971 bits per heavy atom. The van der Waals surface area contributed by atoms with E-state index in [1.807, 2.05) is 43.3 Å². The summed E-state index contributed by atoms with van der Waals surface area (Å²) in [6, 6.07) is 14.0. The number of rotatable bonds is 11. The summed E-state index contributed by atoms with van der Waals surface area (Å²) in [7, 11) is 1.51. The van der Waals surface area contributed by atoms with Crippen LogP contribution in [0.2, 0.25) is 0 Å². The molecule has 2 atom stereocenters. The van der Waals surface area contributed by atoms with Crippen molar-refractivity contribution >= 4 is 18.0 Å². The predicted octanol–water partition coefficient (Wildman–Crippen LogP) is 4.08. The Labute approximate surface area is 206 Å². The molecule has 2 amide bonds. The van der Waals surface area contributed by atoms with Gasteiger partial charge in [0, 0.05) is 19.4 Å². The van der Waals surface area contributed by atoms with E-state index in [9.17, 15) is 19.5 Å². The van der Waals surface area contributed by atoms with Gasteiger partial charge in [-0.05, 0) is 42.5 Å². The number of hydrogen-bond acceptors (Lipinski definition) is 5. The summed E-state index contributed by atoms with van der Waals surface area (Å²) in [5.74, 6) is -1.83. The normalized spacial score (nSPS) is 14.4. The lowest BCUT2D eigenvalue weighted by Crippen LogP contribution is -2.54. The summed E-state index contributed by atoms with van der Waals surface area (Å²) >= 11 is 0. The molecule has 8 heteroatoms. The zero-order valence-electron chi connectivity index (χ0n) is 20.7. The molecule has 188 valence electrons. The van der Waals surface area contributed by atoms with Crippen molar-refractivity contribution < 1.29 is 29.0 Å². The molecule has 1 aliphatic rings. The number of fused-ring (bicyclic) bond motifs is 3. The zero-order chi connectivity index (χ0) is 25.6. The molecule has 3 N–H and O–H groups in total. The molecule has 3 rings (SSSR count). The third-order valence-electron chi connectivity index (χ3n) is 6.39. The summed E-state index contributed by atoms with van der Waals surface area (Å²) < 4.78 is 11.0. The molecule has 0 saturated carbocycles. The number of aliphatic carboxylic acids is 1. The van der Waals surface area contributed by atoms with Gasteiger partial charge >= 0.3 is 12.1 Å². The molecule has 2 aromatic carbocycles. The van der Waals surface area contributed by atoms with Crippen LogP contribution in [0.4, 0.5) is 4.79 Å². The molecule has 2 aromatic rings. The smallest absolute Gasteiger partial charge is 0.407 e. The number of hydrogen-bond donors (Lipinski definition) is 3. The minimum absolute atomic E-state index is 0.107. The quantitative estimate of drug-likeness (QED) is 0.445. The molecular weight excluding hydrogens is 448 g/mol. The van der Waals surface area contributed by atoms with Crippen molar-refractivity contribution in [3.8, 4) is 11.1 Å². The van der Waals surface area contributed by atoms with Crippen LogP contribution in [-0.4, -0.2) is 54.5 Å². The first-order chi connectivity index (χ1) is 16.7. The molecule has 1 aliphatic carbocycles. The highest BCUT2D eigenvalue weighted by molar-refractivity contribution is 5.89. The highest BCUT2D eigenvalue weighted by atomic mass is 16.5. The fourth-order valence-electron chi connectivity index (χ4n) is 4.38. The molecule has 0 saturated heterocycles. The third kappa shape index (κ3) is 6.39. The summed E-state index contributed by atoms with van der Waals surface area (Å²) in [6.45, 7) is 5.51. The van der Waals surface area contributed by atoms with Gasteiger partial charge in [-0.1, -0.05) is 61.9 Å². The standard InChI is InChI=1S/C27H34N2O6/c1-5-10-22(25(31)32)28-24(30)23(15-27(2,3)34-4)29-26(33)35-16-21-19-13-8-6-11-17(19)18-12-7-9-14-20(18)21/h6-9,11-14,21-23H,5,10,15-16H2,1-4H3,(H,28,30)(H,29,33)(H,31,32)/t22-,23?/m0/s1. The van der Waals surface area contributed by atoms with Gasteiger partial charge in [-0.25, -0.2) is 9.59 Å². The fraction of sp³-hybridized carbons (Fsp3) is 0.444. The number of alkyl carbamates (subject to hydrolysis) is 1. The molecule has 0 heterocycles. The molecule has 1 unspecified atom stereocenters. The first kappa shape index (κ1) is 26.2. The van der Waals surface area contributed by atoms with Crippen LogP contribution in [-0.2, 0) is 19.1 Å². The van der Waals surface area contributed by atoms with Crippen molar-refractivity contribution in [1.82, 2.24) is 10.6 Å². The lowest BCUT2D eigenvalue weighted by Gasteiger charge is -2.29. The van der Waals surface area contributed by atoms with E-state index in [1.165, 1.54) is 7.11 Å². The maximum atomic E-state index is 12.9. The number of nitrogens with one attached hydrogen (secondary N) is 2. The molecule has 0 aromatic heterocycles. The Hall–Kier alpha value is -3.39. The second-order valence-corrected chi connectivity index (χ2v) is 9.38. The van der Waals surface area contributed by atoms with E-state index in [4.69, 9.17) is 9.47 Å². The first-order valence-corrected chi connectivity index (χ1v) is 11.9. The van der Waals surface area contributed by atoms with Gasteiger partial charge < -0.3 is 25.2 Å². The largest absolute Gasteiger partial charge is 0.480 e. The topological polar surface area (TPSA) is 114 Å². The number of carboxylic acid groups (broad SMARTS) is 1. The maximum Gasteiger partial charge on any atom is 0.407 e. The van der Waals surface area contributed by atoms with Gasteiger partial charge in [0.15, 0.2) is 0 Å². The highest BCUT2D eigenvalue weighted by Gasteiger charge is 2.33. The van der Waals surface area contributed by atoms with Crippen molar-refractivity contribution in [2.45, 2.75) is 63.6 Å². The molecule has 0 aliphatic heterocycles. The SMILES string of the molecule is CCC[C@H](NC(=O)C(CC(C)(C)OC)NC(=O)OCC1c2ccccc2-c2ccccc21)C(=O)O. The number of carbonyl (C=O) groups excluding carboxylic acids is 2. The van der Waals surface area contributed by atoms with E-state index in [-0.39, 0.29) is 25.4 Å². The highest BCUT2D eigenvalue weighted by Crippen LogP contribution is 2.44. The molecule has 0 bridgehead atoms. The van der Waals surface area contributed by atoms with Crippen LogP contribution in [0.1, 0.15) is 57.1 Å². The van der Waals surface area contributed by atoms with Crippen LogP contribution in [0.3, 0.4) is 0 Å². The van der Waals surface area contributed by atoms with Crippen LogP contribution in [0.15, 0.2) is 48.5 Å². The van der Waals surface area contributed by atoms with E-state index < -0.39 is 35.7 Å². The monoisotopic (exact) mass is 482 g/mol. The number of carbonyl (C=O) groups is 3. The Balaban J connectivity index is 1.71. The van der Waals surface area contributed by atoms with Crippen LogP contribution < -0.4 is 10.6 Å². The molecule has 35 heavy (non-hydrogen) atoms. The van der Waals surface area contributed by atoms with E-state index in [0.717, 1.165) is 22.3 Å². The van der Waals surface area contributed by atoms with E-state index in [2.05, 4.69) is 22.8 Å². The molecule has 8 nitrogen and oxygen atoms in total. The van der Waals surface area contributed by atoms with Gasteiger partial charge in [0.1, 0.15) is 18.7 Å². The van der Waals surface area contributed by atoms with E-state index in [0.29, 0.717) is 6.42 Å². The van der Waals surface area contributed by atoms with Crippen molar-refractivity contribution in [2.24, 2.45) is 0 Å². The van der Waals surface area contributed by atoms with Gasteiger partial charge in [-0.15, -0.1) is 0 Å². The second kappa shape index (κ2) is 11.4. The summed E-state index contributed by atoms with van der Waals surface area (Å²) in [5.41, 5.74) is 3.67. The van der Waals surface area contributed by atoms with Gasteiger partial charge in [-0.3, -0.25) is 4.79 Å². The maximum absolute atomic E-state index is 12.9. The third-order valence-corrected chi connectivity index (χ3v) is 6.39. The Bertz CT molecular complexity index is 1020. The Kier molecular flexibility index (Phi) is 8.51. The van der Waals surface area contributed by atoms with Crippen molar-refractivity contribution in [3.05, 3.63) is 59.7 Å². The fourth-order valence-corrected chi connectivity index (χ4v) is 4.38. The summed E-state index contributed by atoms with van der Waals surface area (Å²) in [5, 5.41) is 14.6. The Morgan fingerprint density at radius 3 is 2.06 bits per heavy atom. The van der Waals surface area contributed by atoms with Gasteiger partial charge in [0.05, 0.1) is 5.60 Å². The average molecular weight is 483 g/mol. The number of methoxy groups -OCH3 is 1. The molecule has 0 fully saturated rings. The van der Waals surface area contributed by atoms with Crippen molar-refractivity contribution in [3.63, 3.8) is 0 Å². The first-order valence-electron chi connectivity index (χ1n) is 11.9. The van der Waals surface area contributed by atoms with Crippen LogP contribution >= 0.6 is 0 Å². The number of carboxylic acids is 1. The number of amides is 2. The summed E-state index contributed by atoms with van der Waals surface area (Å²) in [6.07, 6.45) is 0.261. The molecular formula is C27H34N2O6. The lowest BCUT2D eigenvalue weighted by atomic mass is 9.97. The number of benzene rings is 2. The van der Waals surface area contributed by atoms with Crippen LogP contribution in [0.5, 0.6) is 0 Å². The van der Waals surface area contributed by atoms with Gasteiger partial charge in [0.2, 0.25) is 5.91 Å². The Morgan fingerprint density at radius 2 is 1.54 bits per heavy atom. The van der Waals surface area contributed by atoms with E-state index in [1.54, 1.807) is 13.8 Å². The van der Waals surface area contributed by atoms with Gasteiger partial charge in [0.25, 0.3) is 0 Å². The molecule has 0 radical (unpaired) electrons. The minimum atomic E-state index is -1.12. The van der Waals surface area contributed by atoms with Crippen LogP contribution in [0, 0.1) is 0 Å². The van der Waals surface area contributed by atoms with Crippen LogP contribution in [0.25, 0.3) is 11.1 Å². The second-order valence-electron chi connectivity index (χ2n) is 9.38. The lowest BCUT2D eigenvalue weighted by molar-refractivity contribution is -0.142. The molecule has 0 spiro atoms. The van der Waals surface area contributed by atoms with Gasteiger partial charge in [-0.2, -0.15) is 0 Å². The number of ether oxygens (including phenoxy) is 2. The average Bonchev–Trinajstić information content (AvgIpc) is 3.15. The summed E-state index contributed by atoms with van der Waals surface area (Å²) in [4.78, 5) is 37.2. The minimum Gasteiger partial charge on any atom is -0.480 e.